The second-order valence-electron chi connectivity index (χ2n) is 3.80. The van der Waals surface area contributed by atoms with Crippen molar-refractivity contribution < 1.29 is 9.59 Å². The summed E-state index contributed by atoms with van der Waals surface area (Å²) in [6, 6.07) is -0.924. The number of carbonyl (C=O) groups excluding carboxylic acids is 2. The molecule has 0 aliphatic rings. The Morgan fingerprint density at radius 1 is 0.900 bits per heavy atom. The molecule has 0 fully saturated rings. The molecule has 0 rings (SSSR count). The maximum absolute atomic E-state index is 11.1. The topological polar surface area (TPSA) is 110 Å². The van der Waals surface area contributed by atoms with Crippen LogP contribution >= 0.6 is 55.6 Å². The van der Waals surface area contributed by atoms with Gasteiger partial charge in [-0.2, -0.15) is 0 Å². The summed E-state index contributed by atoms with van der Waals surface area (Å²) in [5, 5.41) is 5.44. The lowest BCUT2D eigenvalue weighted by Crippen LogP contribution is -2.39. The lowest BCUT2D eigenvalue weighted by atomic mass is 10.3. The third-order valence-corrected chi connectivity index (χ3v) is 4.29. The Kier molecular flexibility index (Phi) is 20.3. The number of hydrogen-bond acceptors (Lipinski definition) is 6. The van der Waals surface area contributed by atoms with Crippen molar-refractivity contribution in [2.45, 2.75) is 25.9 Å². The second-order valence-corrected chi connectivity index (χ2v) is 6.51. The zero-order valence-electron chi connectivity index (χ0n) is 11.6. The number of halogens is 2. The van der Waals surface area contributed by atoms with Crippen molar-refractivity contribution >= 4 is 67.4 Å². The minimum Gasteiger partial charge on any atom is -0.354 e. The first kappa shape index (κ1) is 25.5. The van der Waals surface area contributed by atoms with Crippen LogP contribution in [0.3, 0.4) is 0 Å². The molecule has 6 nitrogen and oxygen atoms in total. The van der Waals surface area contributed by atoms with Crippen molar-refractivity contribution in [2.24, 2.45) is 11.5 Å². The normalized spacial score (nSPS) is 12.4. The van der Waals surface area contributed by atoms with Crippen LogP contribution < -0.4 is 22.1 Å². The molecule has 0 aliphatic carbocycles. The van der Waals surface area contributed by atoms with E-state index in [0.717, 1.165) is 11.5 Å². The van der Waals surface area contributed by atoms with Crippen molar-refractivity contribution in [3.63, 3.8) is 0 Å². The highest BCUT2D eigenvalue weighted by Gasteiger charge is 2.06. The van der Waals surface area contributed by atoms with Gasteiger partial charge in [-0.1, -0.05) is 21.6 Å². The molecule has 10 heteroatoms. The minimum atomic E-state index is -0.462. The quantitative estimate of drug-likeness (QED) is 0.296. The summed E-state index contributed by atoms with van der Waals surface area (Å²) in [5.74, 6) is 1.35. The molecule has 0 unspecified atom stereocenters. The number of nitrogens with two attached hydrogens (primary N) is 2. The zero-order chi connectivity index (χ0) is 14.0. The third-order valence-electron chi connectivity index (χ3n) is 1.88. The molecule has 2 amide bonds. The summed E-state index contributed by atoms with van der Waals surface area (Å²) in [4.78, 5) is 22.2. The molecule has 20 heavy (non-hydrogen) atoms. The average Bonchev–Trinajstić information content (AvgIpc) is 2.31. The highest BCUT2D eigenvalue weighted by molar-refractivity contribution is 8.93. The molecule has 0 spiro atoms. The van der Waals surface area contributed by atoms with Crippen molar-refractivity contribution in [3.8, 4) is 0 Å². The summed E-state index contributed by atoms with van der Waals surface area (Å²) in [6.07, 6.45) is 0. The number of carbonyl (C=O) groups is 2. The number of hydrogen-bond donors (Lipinski definition) is 4. The highest BCUT2D eigenvalue weighted by Crippen LogP contribution is 2.19. The maximum Gasteiger partial charge on any atom is 0.236 e. The summed E-state index contributed by atoms with van der Waals surface area (Å²) in [5.41, 5.74) is 10.8. The Labute approximate surface area is 149 Å². The Hall–Kier alpha value is 0.520. The first-order chi connectivity index (χ1) is 8.45. The van der Waals surface area contributed by atoms with Crippen LogP contribution in [0.4, 0.5) is 0 Å². The molecule has 0 aromatic rings. The van der Waals surface area contributed by atoms with Gasteiger partial charge in [-0.15, -0.1) is 34.0 Å². The number of rotatable bonds is 9. The van der Waals surface area contributed by atoms with Crippen LogP contribution in [0.1, 0.15) is 13.8 Å². The molecule has 0 saturated carbocycles. The van der Waals surface area contributed by atoms with Crippen LogP contribution in [0.2, 0.25) is 0 Å². The van der Waals surface area contributed by atoms with Gasteiger partial charge in [0.2, 0.25) is 11.8 Å². The van der Waals surface area contributed by atoms with Crippen molar-refractivity contribution in [3.05, 3.63) is 0 Å². The molecule has 0 aromatic carbocycles. The Morgan fingerprint density at radius 2 is 1.20 bits per heavy atom. The van der Waals surface area contributed by atoms with Gasteiger partial charge in [-0.25, -0.2) is 0 Å². The van der Waals surface area contributed by atoms with Crippen LogP contribution in [0, 0.1) is 0 Å². The van der Waals surface area contributed by atoms with Crippen molar-refractivity contribution in [1.29, 1.82) is 0 Å². The van der Waals surface area contributed by atoms with Crippen LogP contribution in [-0.4, -0.2) is 48.5 Å². The van der Waals surface area contributed by atoms with E-state index in [-0.39, 0.29) is 45.8 Å². The largest absolute Gasteiger partial charge is 0.354 e. The van der Waals surface area contributed by atoms with Crippen LogP contribution in [0.15, 0.2) is 0 Å². The van der Waals surface area contributed by atoms with Gasteiger partial charge in [-0.05, 0) is 13.8 Å². The standard InChI is InChI=1S/C10H22N4O2S2.2BrH/c1-7(11)9(15)13-3-5-17-18-6-4-14-10(16)8(2)12;;/h7-8H,3-6,11-12H2,1-2H3,(H,13,15)(H,14,16);2*1H/t7-,8+;;. The van der Waals surface area contributed by atoms with Gasteiger partial charge in [0, 0.05) is 24.6 Å². The molecule has 122 valence electrons. The van der Waals surface area contributed by atoms with E-state index in [1.165, 1.54) is 0 Å². The number of amides is 2. The average molecular weight is 456 g/mol. The molecule has 0 aromatic heterocycles. The van der Waals surface area contributed by atoms with Gasteiger partial charge in [0.25, 0.3) is 0 Å². The summed E-state index contributed by atoms with van der Waals surface area (Å²) < 4.78 is 0. The first-order valence-corrected chi connectivity index (χ1v) is 8.25. The van der Waals surface area contributed by atoms with E-state index in [0.29, 0.717) is 13.1 Å². The van der Waals surface area contributed by atoms with Crippen LogP contribution in [0.25, 0.3) is 0 Å². The van der Waals surface area contributed by atoms with E-state index in [1.807, 2.05) is 0 Å². The van der Waals surface area contributed by atoms with Gasteiger partial charge < -0.3 is 22.1 Å². The molecular weight excluding hydrogens is 432 g/mol. The summed E-state index contributed by atoms with van der Waals surface area (Å²) in [6.45, 7) is 4.51. The van der Waals surface area contributed by atoms with Crippen LogP contribution in [0.5, 0.6) is 0 Å². The Bertz CT molecular complexity index is 246. The smallest absolute Gasteiger partial charge is 0.236 e. The lowest BCUT2D eigenvalue weighted by molar-refractivity contribution is -0.122. The van der Waals surface area contributed by atoms with Gasteiger partial charge in [0.05, 0.1) is 12.1 Å². The molecular formula is C10H24Br2N4O2S2. The molecule has 0 bridgehead atoms. The van der Waals surface area contributed by atoms with E-state index < -0.39 is 12.1 Å². The summed E-state index contributed by atoms with van der Waals surface area (Å²) in [7, 11) is 3.29. The first-order valence-electron chi connectivity index (χ1n) is 5.76. The third kappa shape index (κ3) is 14.9. The maximum atomic E-state index is 11.1. The monoisotopic (exact) mass is 454 g/mol. The molecule has 0 aliphatic heterocycles. The van der Waals surface area contributed by atoms with E-state index in [9.17, 15) is 9.59 Å². The zero-order valence-corrected chi connectivity index (χ0v) is 16.6. The fourth-order valence-electron chi connectivity index (χ4n) is 0.872. The lowest BCUT2D eigenvalue weighted by Gasteiger charge is -2.08. The van der Waals surface area contributed by atoms with Crippen LogP contribution in [-0.2, 0) is 9.59 Å². The minimum absolute atomic E-state index is 0. The van der Waals surface area contributed by atoms with Crippen molar-refractivity contribution in [2.75, 3.05) is 24.6 Å². The molecule has 0 radical (unpaired) electrons. The van der Waals surface area contributed by atoms with E-state index >= 15 is 0 Å². The van der Waals surface area contributed by atoms with Crippen molar-refractivity contribution in [1.82, 2.24) is 10.6 Å². The van der Waals surface area contributed by atoms with E-state index in [4.69, 9.17) is 11.5 Å². The number of nitrogens with one attached hydrogen (secondary N) is 2. The van der Waals surface area contributed by atoms with Gasteiger partial charge >= 0.3 is 0 Å². The summed E-state index contributed by atoms with van der Waals surface area (Å²) >= 11 is 0. The predicted molar refractivity (Wildman–Crippen MR) is 98.9 cm³/mol. The fraction of sp³-hybridized carbons (Fsp3) is 0.800. The van der Waals surface area contributed by atoms with E-state index in [1.54, 1.807) is 35.4 Å². The van der Waals surface area contributed by atoms with E-state index in [2.05, 4.69) is 10.6 Å². The molecule has 0 saturated heterocycles. The Morgan fingerprint density at radius 3 is 1.45 bits per heavy atom. The van der Waals surface area contributed by atoms with Gasteiger partial charge in [-0.3, -0.25) is 9.59 Å². The predicted octanol–water partition coefficient (Wildman–Crippen LogP) is 0.450. The molecule has 6 N–H and O–H groups in total. The fourth-order valence-corrected chi connectivity index (χ4v) is 2.69. The molecule has 2 atom stereocenters. The molecule has 0 heterocycles. The van der Waals surface area contributed by atoms with Gasteiger partial charge in [0.15, 0.2) is 0 Å². The SMILES string of the molecule is Br.Br.C[C@H](N)C(=O)NCCSSCCNC(=O)[C@@H](C)N. The Balaban J connectivity index is -0.00000144. The highest BCUT2D eigenvalue weighted by atomic mass is 79.9. The van der Waals surface area contributed by atoms with Gasteiger partial charge in [0.1, 0.15) is 0 Å². The second kappa shape index (κ2) is 15.9.